The molecule has 1 amide bonds. The van der Waals surface area contributed by atoms with E-state index in [2.05, 4.69) is 19.2 Å². The summed E-state index contributed by atoms with van der Waals surface area (Å²) in [6, 6.07) is 0. The van der Waals surface area contributed by atoms with Crippen molar-refractivity contribution in [2.75, 3.05) is 6.54 Å². The fraction of sp³-hybridized carbons (Fsp3) is 0.909. The standard InChI is InChI=1S/C11H22N2O/c1-3-7-13-11(8-10(12)14)6-4-5-9(11)2/h9,13H,3-8H2,1-2H3,(H2,12,14). The van der Waals surface area contributed by atoms with Gasteiger partial charge in [0.1, 0.15) is 0 Å². The Morgan fingerprint density at radius 2 is 2.36 bits per heavy atom. The smallest absolute Gasteiger partial charge is 0.219 e. The highest BCUT2D eigenvalue weighted by atomic mass is 16.1. The highest BCUT2D eigenvalue weighted by Gasteiger charge is 2.40. The average molecular weight is 198 g/mol. The summed E-state index contributed by atoms with van der Waals surface area (Å²) in [4.78, 5) is 11.1. The van der Waals surface area contributed by atoms with E-state index in [1.54, 1.807) is 0 Å². The number of hydrogen-bond donors (Lipinski definition) is 2. The number of rotatable bonds is 5. The zero-order valence-electron chi connectivity index (χ0n) is 9.31. The number of nitrogens with one attached hydrogen (secondary N) is 1. The predicted octanol–water partition coefficient (Wildman–Crippen LogP) is 1.42. The van der Waals surface area contributed by atoms with Gasteiger partial charge in [-0.25, -0.2) is 0 Å². The van der Waals surface area contributed by atoms with E-state index in [-0.39, 0.29) is 11.4 Å². The summed E-state index contributed by atoms with van der Waals surface area (Å²) in [6.45, 7) is 5.35. The molecule has 0 radical (unpaired) electrons. The average Bonchev–Trinajstić information content (AvgIpc) is 2.44. The van der Waals surface area contributed by atoms with Crippen LogP contribution in [-0.4, -0.2) is 18.0 Å². The van der Waals surface area contributed by atoms with Gasteiger partial charge in [0.25, 0.3) is 0 Å². The Kier molecular flexibility index (Phi) is 3.93. The molecular formula is C11H22N2O. The molecule has 1 fully saturated rings. The van der Waals surface area contributed by atoms with Crippen LogP contribution in [0.1, 0.15) is 46.0 Å². The highest BCUT2D eigenvalue weighted by Crippen LogP contribution is 2.37. The molecule has 0 aromatic heterocycles. The maximum absolute atomic E-state index is 11.1. The fourth-order valence-electron chi connectivity index (χ4n) is 2.52. The minimum absolute atomic E-state index is 0.00183. The zero-order chi connectivity index (χ0) is 10.6. The molecule has 0 aromatic rings. The zero-order valence-corrected chi connectivity index (χ0v) is 9.31. The van der Waals surface area contributed by atoms with Crippen molar-refractivity contribution in [2.45, 2.75) is 51.5 Å². The SMILES string of the molecule is CCCNC1(CC(N)=O)CCCC1C. The Labute approximate surface area is 86.4 Å². The van der Waals surface area contributed by atoms with Crippen molar-refractivity contribution in [1.29, 1.82) is 0 Å². The van der Waals surface area contributed by atoms with Crippen molar-refractivity contribution in [1.82, 2.24) is 5.32 Å². The van der Waals surface area contributed by atoms with Crippen molar-refractivity contribution in [3.05, 3.63) is 0 Å². The summed E-state index contributed by atoms with van der Waals surface area (Å²) < 4.78 is 0. The van der Waals surface area contributed by atoms with Gasteiger partial charge in [-0.3, -0.25) is 4.79 Å². The molecule has 2 unspecified atom stereocenters. The molecule has 2 atom stereocenters. The molecular weight excluding hydrogens is 176 g/mol. The molecule has 0 aliphatic heterocycles. The molecule has 14 heavy (non-hydrogen) atoms. The first-order chi connectivity index (χ1) is 6.60. The Bertz CT molecular complexity index is 205. The topological polar surface area (TPSA) is 55.1 Å². The van der Waals surface area contributed by atoms with Gasteiger partial charge in [-0.1, -0.05) is 20.3 Å². The van der Waals surface area contributed by atoms with Gasteiger partial charge in [-0.15, -0.1) is 0 Å². The lowest BCUT2D eigenvalue weighted by Gasteiger charge is -2.34. The van der Waals surface area contributed by atoms with Gasteiger partial charge >= 0.3 is 0 Å². The van der Waals surface area contributed by atoms with Crippen molar-refractivity contribution < 1.29 is 4.79 Å². The first-order valence-electron chi connectivity index (χ1n) is 5.64. The largest absolute Gasteiger partial charge is 0.370 e. The van der Waals surface area contributed by atoms with E-state index in [0.29, 0.717) is 12.3 Å². The van der Waals surface area contributed by atoms with E-state index < -0.39 is 0 Å². The van der Waals surface area contributed by atoms with Crippen LogP contribution in [0.3, 0.4) is 0 Å². The summed E-state index contributed by atoms with van der Waals surface area (Å²) in [7, 11) is 0. The summed E-state index contributed by atoms with van der Waals surface area (Å²) >= 11 is 0. The Balaban J connectivity index is 2.62. The molecule has 82 valence electrons. The molecule has 3 heteroatoms. The second kappa shape index (κ2) is 4.78. The molecule has 0 aromatic carbocycles. The maximum Gasteiger partial charge on any atom is 0.219 e. The number of carbonyl (C=O) groups is 1. The number of hydrogen-bond acceptors (Lipinski definition) is 2. The Morgan fingerprint density at radius 3 is 2.79 bits per heavy atom. The fourth-order valence-corrected chi connectivity index (χ4v) is 2.52. The quantitative estimate of drug-likeness (QED) is 0.702. The lowest BCUT2D eigenvalue weighted by atomic mass is 9.84. The van der Waals surface area contributed by atoms with E-state index >= 15 is 0 Å². The van der Waals surface area contributed by atoms with Crippen molar-refractivity contribution in [3.8, 4) is 0 Å². The van der Waals surface area contributed by atoms with Gasteiger partial charge < -0.3 is 11.1 Å². The van der Waals surface area contributed by atoms with Gasteiger partial charge in [0, 0.05) is 12.0 Å². The van der Waals surface area contributed by atoms with E-state index in [1.807, 2.05) is 0 Å². The van der Waals surface area contributed by atoms with Gasteiger partial charge in [-0.2, -0.15) is 0 Å². The summed E-state index contributed by atoms with van der Waals surface area (Å²) in [5.74, 6) is 0.393. The third-order valence-electron chi connectivity index (χ3n) is 3.42. The van der Waals surface area contributed by atoms with E-state index in [4.69, 9.17) is 5.73 Å². The first-order valence-corrected chi connectivity index (χ1v) is 5.64. The minimum Gasteiger partial charge on any atom is -0.370 e. The van der Waals surface area contributed by atoms with Crippen LogP contribution in [0.5, 0.6) is 0 Å². The molecule has 3 nitrogen and oxygen atoms in total. The monoisotopic (exact) mass is 198 g/mol. The second-order valence-corrected chi connectivity index (χ2v) is 4.52. The minimum atomic E-state index is -0.178. The Hall–Kier alpha value is -0.570. The molecule has 1 aliphatic rings. The molecule has 3 N–H and O–H groups in total. The van der Waals surface area contributed by atoms with E-state index in [1.165, 1.54) is 12.8 Å². The van der Waals surface area contributed by atoms with Gasteiger partial charge in [0.2, 0.25) is 5.91 Å². The van der Waals surface area contributed by atoms with Crippen molar-refractivity contribution >= 4 is 5.91 Å². The molecule has 1 rings (SSSR count). The van der Waals surface area contributed by atoms with Crippen LogP contribution in [0.15, 0.2) is 0 Å². The van der Waals surface area contributed by atoms with Crippen LogP contribution in [0.2, 0.25) is 0 Å². The predicted molar refractivity (Wildman–Crippen MR) is 57.9 cm³/mol. The normalized spacial score (nSPS) is 32.0. The molecule has 0 spiro atoms. The van der Waals surface area contributed by atoms with Crippen LogP contribution in [0, 0.1) is 5.92 Å². The lowest BCUT2D eigenvalue weighted by molar-refractivity contribution is -0.119. The van der Waals surface area contributed by atoms with Crippen LogP contribution in [0.4, 0.5) is 0 Å². The van der Waals surface area contributed by atoms with Crippen molar-refractivity contribution in [2.24, 2.45) is 11.7 Å². The van der Waals surface area contributed by atoms with Gasteiger partial charge in [-0.05, 0) is 31.7 Å². The molecule has 0 bridgehead atoms. The van der Waals surface area contributed by atoms with Crippen LogP contribution < -0.4 is 11.1 Å². The second-order valence-electron chi connectivity index (χ2n) is 4.52. The highest BCUT2D eigenvalue weighted by molar-refractivity contribution is 5.75. The number of primary amides is 1. The van der Waals surface area contributed by atoms with Crippen LogP contribution in [0.25, 0.3) is 0 Å². The molecule has 0 saturated heterocycles. The maximum atomic E-state index is 11.1. The van der Waals surface area contributed by atoms with Crippen molar-refractivity contribution in [3.63, 3.8) is 0 Å². The first kappa shape index (κ1) is 11.5. The summed E-state index contributed by atoms with van der Waals surface area (Å²) in [5, 5.41) is 3.53. The number of amides is 1. The molecule has 1 aliphatic carbocycles. The van der Waals surface area contributed by atoms with Gasteiger partial charge in [0.05, 0.1) is 0 Å². The van der Waals surface area contributed by atoms with E-state index in [9.17, 15) is 4.79 Å². The summed E-state index contributed by atoms with van der Waals surface area (Å²) in [6.07, 6.45) is 5.12. The molecule has 1 saturated carbocycles. The molecule has 0 heterocycles. The number of nitrogens with two attached hydrogens (primary N) is 1. The third-order valence-corrected chi connectivity index (χ3v) is 3.42. The summed E-state index contributed by atoms with van der Waals surface area (Å²) in [5.41, 5.74) is 5.31. The van der Waals surface area contributed by atoms with Crippen LogP contribution >= 0.6 is 0 Å². The number of carbonyl (C=O) groups excluding carboxylic acids is 1. The van der Waals surface area contributed by atoms with Crippen LogP contribution in [-0.2, 0) is 4.79 Å². The van der Waals surface area contributed by atoms with E-state index in [0.717, 1.165) is 19.4 Å². The Morgan fingerprint density at radius 1 is 1.64 bits per heavy atom. The third kappa shape index (κ3) is 2.47. The van der Waals surface area contributed by atoms with Gasteiger partial charge in [0.15, 0.2) is 0 Å². The lowest BCUT2D eigenvalue weighted by Crippen LogP contribution is -2.50.